The van der Waals surface area contributed by atoms with Crippen LogP contribution < -0.4 is 5.19 Å². The zero-order valence-corrected chi connectivity index (χ0v) is 30.5. The molecule has 0 unspecified atom stereocenters. The van der Waals surface area contributed by atoms with Crippen molar-refractivity contribution in [3.05, 3.63) is 126 Å². The van der Waals surface area contributed by atoms with Gasteiger partial charge >= 0.3 is 0 Å². The van der Waals surface area contributed by atoms with Gasteiger partial charge in [-0.25, -0.2) is 4.39 Å². The van der Waals surface area contributed by atoms with E-state index in [1.165, 1.54) is 16.8 Å². The molecule has 0 aliphatic heterocycles. The maximum atomic E-state index is 14.2. The summed E-state index contributed by atoms with van der Waals surface area (Å²) in [6.07, 6.45) is 3.81. The van der Waals surface area contributed by atoms with Crippen LogP contribution in [0.2, 0.25) is 19.6 Å². The van der Waals surface area contributed by atoms with Gasteiger partial charge in [0.2, 0.25) is 0 Å². The fourth-order valence-corrected chi connectivity index (χ4v) is 8.67. The Morgan fingerprint density at radius 3 is 2.27 bits per heavy atom. The second-order valence-corrected chi connectivity index (χ2v) is 18.4. The number of pyridine rings is 2. The van der Waals surface area contributed by atoms with Gasteiger partial charge in [0.15, 0.2) is 0 Å². The van der Waals surface area contributed by atoms with Crippen LogP contribution in [0.15, 0.2) is 97.3 Å². The van der Waals surface area contributed by atoms with Gasteiger partial charge in [0.25, 0.3) is 0 Å². The molecular formula is C39H35FIrN2SSi-2. The topological polar surface area (TPSA) is 25.8 Å². The number of aryl methyl sites for hydroxylation is 1. The predicted octanol–water partition coefficient (Wildman–Crippen LogP) is 10.7. The molecule has 0 amide bonds. The Morgan fingerprint density at radius 2 is 1.56 bits per heavy atom. The van der Waals surface area contributed by atoms with Crippen molar-refractivity contribution in [3.8, 4) is 22.5 Å². The van der Waals surface area contributed by atoms with E-state index >= 15 is 0 Å². The number of benzene rings is 4. The largest absolute Gasteiger partial charge is 0.305 e. The molecule has 0 fully saturated rings. The average molecular weight is 804 g/mol. The Bertz CT molecular complexity index is 2170. The van der Waals surface area contributed by atoms with Crippen molar-refractivity contribution in [1.82, 2.24) is 9.97 Å². The van der Waals surface area contributed by atoms with E-state index in [1.54, 1.807) is 23.6 Å². The van der Waals surface area contributed by atoms with E-state index in [-0.39, 0.29) is 25.9 Å². The smallest absolute Gasteiger partial charge is 0.131 e. The molecule has 0 atom stereocenters. The summed E-state index contributed by atoms with van der Waals surface area (Å²) in [5, 5.41) is 5.25. The second-order valence-electron chi connectivity index (χ2n) is 12.3. The number of hydrogen-bond acceptors (Lipinski definition) is 3. The molecule has 0 spiro atoms. The quantitative estimate of drug-likeness (QED) is 0.131. The minimum atomic E-state index is -1.27. The molecule has 4 aromatic carbocycles. The third-order valence-electron chi connectivity index (χ3n) is 7.90. The number of aromatic nitrogens is 2. The van der Waals surface area contributed by atoms with Gasteiger partial charge < -0.3 is 9.97 Å². The van der Waals surface area contributed by atoms with Crippen LogP contribution in [-0.4, -0.2) is 18.0 Å². The SMILES string of the molecule is Cc1cc(-c2[c-]cccc2)ncc1[Si](C)(C)C.[2H]C(C)(C)c1ccnc(-c2[c-]ccc3c2sc2c4cccc(F)c4ccc32)c1.[Ir]. The molecule has 2 nitrogen and oxygen atoms in total. The first-order valence-corrected chi connectivity index (χ1v) is 19.1. The number of rotatable bonds is 4. The van der Waals surface area contributed by atoms with E-state index in [0.29, 0.717) is 5.39 Å². The van der Waals surface area contributed by atoms with Crippen molar-refractivity contribution in [2.75, 3.05) is 0 Å². The van der Waals surface area contributed by atoms with Gasteiger partial charge in [0.05, 0.1) is 8.07 Å². The number of hydrogen-bond donors (Lipinski definition) is 0. The first-order chi connectivity index (χ1) is 21.4. The third kappa shape index (κ3) is 6.71. The normalized spacial score (nSPS) is 12.0. The van der Waals surface area contributed by atoms with Crippen LogP contribution in [0.5, 0.6) is 0 Å². The second kappa shape index (κ2) is 13.4. The average Bonchev–Trinajstić information content (AvgIpc) is 3.41. The van der Waals surface area contributed by atoms with Gasteiger partial charge in [0.1, 0.15) is 5.82 Å². The van der Waals surface area contributed by atoms with E-state index in [4.69, 9.17) is 1.37 Å². The van der Waals surface area contributed by atoms with Gasteiger partial charge in [-0.2, -0.15) is 11.3 Å². The number of halogens is 1. The molecule has 0 aliphatic rings. The third-order valence-corrected chi connectivity index (χ3v) is 11.3. The minimum Gasteiger partial charge on any atom is -0.305 e. The van der Waals surface area contributed by atoms with Crippen LogP contribution >= 0.6 is 11.3 Å². The van der Waals surface area contributed by atoms with Crippen LogP contribution in [-0.2, 0) is 20.1 Å². The molecule has 0 saturated carbocycles. The fraction of sp³-hybridized carbons (Fsp3) is 0.179. The molecule has 7 rings (SSSR count). The van der Waals surface area contributed by atoms with Gasteiger partial charge in [-0.05, 0) is 51.6 Å². The maximum absolute atomic E-state index is 14.2. The zero-order chi connectivity index (χ0) is 31.9. The van der Waals surface area contributed by atoms with Crippen molar-refractivity contribution in [2.24, 2.45) is 0 Å². The van der Waals surface area contributed by atoms with Gasteiger partial charge in [0, 0.05) is 49.3 Å². The first-order valence-electron chi connectivity index (χ1n) is 15.3. The Hall–Kier alpha value is -3.54. The molecular weight excluding hydrogens is 768 g/mol. The molecule has 3 heterocycles. The fourth-order valence-electron chi connectivity index (χ4n) is 5.63. The van der Waals surface area contributed by atoms with Gasteiger partial charge in [-0.3, -0.25) is 0 Å². The minimum absolute atomic E-state index is 0. The van der Waals surface area contributed by atoms with Gasteiger partial charge in [-0.1, -0.05) is 86.4 Å². The van der Waals surface area contributed by atoms with E-state index in [9.17, 15) is 4.39 Å². The zero-order valence-electron chi connectivity index (χ0n) is 27.3. The molecule has 0 N–H and O–H groups in total. The summed E-state index contributed by atoms with van der Waals surface area (Å²) in [5.41, 5.74) is 6.09. The van der Waals surface area contributed by atoms with Crippen molar-refractivity contribution in [1.29, 1.82) is 0 Å². The number of nitrogens with zero attached hydrogens (tertiary/aromatic N) is 2. The van der Waals surface area contributed by atoms with E-state index in [1.807, 2.05) is 68.4 Å². The molecule has 7 aromatic rings. The summed E-state index contributed by atoms with van der Waals surface area (Å²) in [7, 11) is -1.27. The van der Waals surface area contributed by atoms with Gasteiger partial charge in [-0.15, -0.1) is 59.7 Å². The Kier molecular flexibility index (Phi) is 9.39. The summed E-state index contributed by atoms with van der Waals surface area (Å²) in [6.45, 7) is 13.0. The number of fused-ring (bicyclic) bond motifs is 5. The molecule has 6 heteroatoms. The van der Waals surface area contributed by atoms with Crippen LogP contribution in [0.4, 0.5) is 4.39 Å². The Balaban J connectivity index is 0.000000200. The summed E-state index contributed by atoms with van der Waals surface area (Å²) >= 11 is 1.65. The monoisotopic (exact) mass is 804 g/mol. The predicted molar refractivity (Wildman–Crippen MR) is 189 cm³/mol. The van der Waals surface area contributed by atoms with E-state index < -0.39 is 14.0 Å². The molecule has 229 valence electrons. The van der Waals surface area contributed by atoms with Crippen molar-refractivity contribution < 1.29 is 25.9 Å². The summed E-state index contributed by atoms with van der Waals surface area (Å²) in [4.78, 5) is 9.13. The summed E-state index contributed by atoms with van der Waals surface area (Å²) < 4.78 is 24.7. The first kappa shape index (κ1) is 31.4. The molecule has 1 radical (unpaired) electrons. The van der Waals surface area contributed by atoms with Crippen molar-refractivity contribution in [3.63, 3.8) is 0 Å². The Labute approximate surface area is 285 Å². The molecule has 0 bridgehead atoms. The van der Waals surface area contributed by atoms with Crippen molar-refractivity contribution >= 4 is 55.5 Å². The van der Waals surface area contributed by atoms with Crippen LogP contribution in [0.3, 0.4) is 0 Å². The van der Waals surface area contributed by atoms with Crippen molar-refractivity contribution in [2.45, 2.75) is 46.3 Å². The summed E-state index contributed by atoms with van der Waals surface area (Å²) in [5.74, 6) is -0.893. The van der Waals surface area contributed by atoms with Crippen LogP contribution in [0.25, 0.3) is 53.5 Å². The molecule has 0 saturated heterocycles. The van der Waals surface area contributed by atoms with Crippen LogP contribution in [0.1, 0.15) is 32.2 Å². The molecule has 3 aromatic heterocycles. The number of thiophene rings is 1. The van der Waals surface area contributed by atoms with E-state index in [2.05, 4.69) is 73.1 Å². The molecule has 0 aliphatic carbocycles. The molecule has 45 heavy (non-hydrogen) atoms. The standard InChI is InChI=1S/C24H17FNS.C15H18NSi.Ir/c1-14(2)15-11-12-26-22(13-15)20-7-3-5-18-19-10-9-16-17(6-4-8-21(16)25)23(19)27-24(18)20;1-12-10-14(13-8-6-5-7-9-13)16-11-15(12)17(2,3)4;/h3-6,8-14H,1-2H3;5-8,10-11H,1-4H3;/q2*-1;/i14D;;. The Morgan fingerprint density at radius 1 is 0.800 bits per heavy atom. The van der Waals surface area contributed by atoms with E-state index in [0.717, 1.165) is 53.6 Å². The summed E-state index contributed by atoms with van der Waals surface area (Å²) in [6, 6.07) is 33.6. The van der Waals surface area contributed by atoms with Crippen LogP contribution in [0, 0.1) is 24.9 Å². The maximum Gasteiger partial charge on any atom is 0.131 e.